The normalized spacial score (nSPS) is 10.7. The minimum Gasteiger partial charge on any atom is -0.384 e. The molecule has 0 unspecified atom stereocenters. The van der Waals surface area contributed by atoms with Gasteiger partial charge in [-0.3, -0.25) is 9.48 Å². The molecule has 0 saturated carbocycles. The molecule has 0 atom stereocenters. The van der Waals surface area contributed by atoms with Gasteiger partial charge in [0.15, 0.2) is 5.78 Å². The predicted molar refractivity (Wildman–Crippen MR) is 81.2 cm³/mol. The smallest absolute Gasteiger partial charge is 0.164 e. The van der Waals surface area contributed by atoms with Crippen molar-refractivity contribution in [1.82, 2.24) is 9.78 Å². The molecule has 1 aromatic carbocycles. The number of ketones is 1. The number of rotatable bonds is 6. The zero-order chi connectivity index (χ0) is 15.4. The first-order valence-electron chi connectivity index (χ1n) is 7.03. The molecule has 0 bridgehead atoms. The Hall–Kier alpha value is -2.17. The fourth-order valence-electron chi connectivity index (χ4n) is 2.38. The van der Waals surface area contributed by atoms with Crippen LogP contribution in [0.15, 0.2) is 24.3 Å². The molecule has 21 heavy (non-hydrogen) atoms. The van der Waals surface area contributed by atoms with Crippen molar-refractivity contribution in [3.8, 4) is 0 Å². The van der Waals surface area contributed by atoms with E-state index in [1.807, 2.05) is 24.6 Å². The molecule has 112 valence electrons. The molecule has 0 aliphatic rings. The summed E-state index contributed by atoms with van der Waals surface area (Å²) in [5, 5.41) is 7.52. The van der Waals surface area contributed by atoms with E-state index in [4.69, 9.17) is 0 Å². The lowest BCUT2D eigenvalue weighted by molar-refractivity contribution is 0.101. The van der Waals surface area contributed by atoms with Gasteiger partial charge in [0.05, 0.1) is 11.3 Å². The van der Waals surface area contributed by atoms with E-state index in [1.165, 1.54) is 13.0 Å². The number of aryl methyl sites for hydroxylation is 3. The first kappa shape index (κ1) is 15.2. The van der Waals surface area contributed by atoms with Crippen LogP contribution in [0.25, 0.3) is 0 Å². The molecule has 0 amide bonds. The van der Waals surface area contributed by atoms with Crippen LogP contribution in [0, 0.1) is 19.7 Å². The SMILES string of the molecule is CC(=O)c1c(F)cccc1NCCCn1nc(C)cc1C. The van der Waals surface area contributed by atoms with E-state index < -0.39 is 5.82 Å². The van der Waals surface area contributed by atoms with Crippen LogP contribution in [-0.4, -0.2) is 22.1 Å². The molecular weight excluding hydrogens is 269 g/mol. The second-order valence-corrected chi connectivity index (χ2v) is 5.15. The number of hydrogen-bond acceptors (Lipinski definition) is 3. The summed E-state index contributed by atoms with van der Waals surface area (Å²) in [6.07, 6.45) is 0.843. The first-order valence-corrected chi connectivity index (χ1v) is 7.03. The van der Waals surface area contributed by atoms with Gasteiger partial charge < -0.3 is 5.32 Å². The van der Waals surface area contributed by atoms with Crippen LogP contribution >= 0.6 is 0 Å². The number of halogens is 1. The van der Waals surface area contributed by atoms with E-state index in [-0.39, 0.29) is 11.3 Å². The topological polar surface area (TPSA) is 46.9 Å². The minimum absolute atomic E-state index is 0.128. The van der Waals surface area contributed by atoms with Gasteiger partial charge in [0.1, 0.15) is 5.82 Å². The number of hydrogen-bond donors (Lipinski definition) is 1. The summed E-state index contributed by atoms with van der Waals surface area (Å²) in [6, 6.07) is 6.67. The zero-order valence-electron chi connectivity index (χ0n) is 12.6. The number of carbonyl (C=O) groups excluding carboxylic acids is 1. The van der Waals surface area contributed by atoms with Crippen molar-refractivity contribution in [2.24, 2.45) is 0 Å². The van der Waals surface area contributed by atoms with E-state index in [9.17, 15) is 9.18 Å². The Morgan fingerprint density at radius 2 is 2.14 bits per heavy atom. The highest BCUT2D eigenvalue weighted by atomic mass is 19.1. The molecule has 4 nitrogen and oxygen atoms in total. The molecule has 0 saturated heterocycles. The summed E-state index contributed by atoms with van der Waals surface area (Å²) in [4.78, 5) is 11.5. The van der Waals surface area contributed by atoms with Crippen LogP contribution in [0.4, 0.5) is 10.1 Å². The number of nitrogens with one attached hydrogen (secondary N) is 1. The number of carbonyl (C=O) groups is 1. The molecule has 1 N–H and O–H groups in total. The summed E-state index contributed by atoms with van der Waals surface area (Å²) in [5.74, 6) is -0.750. The molecule has 0 aliphatic carbocycles. The average Bonchev–Trinajstić information content (AvgIpc) is 2.72. The number of aromatic nitrogens is 2. The van der Waals surface area contributed by atoms with Gasteiger partial charge in [0.2, 0.25) is 0 Å². The summed E-state index contributed by atoms with van der Waals surface area (Å²) < 4.78 is 15.6. The van der Waals surface area contributed by atoms with Crippen LogP contribution in [0.5, 0.6) is 0 Å². The summed E-state index contributed by atoms with van der Waals surface area (Å²) in [6.45, 7) is 6.81. The number of Topliss-reactive ketones (excluding diaryl/α,β-unsaturated/α-hetero) is 1. The Morgan fingerprint density at radius 1 is 1.38 bits per heavy atom. The fourth-order valence-corrected chi connectivity index (χ4v) is 2.38. The highest BCUT2D eigenvalue weighted by Crippen LogP contribution is 2.19. The third-order valence-corrected chi connectivity index (χ3v) is 3.33. The Balaban J connectivity index is 1.94. The molecule has 2 rings (SSSR count). The van der Waals surface area contributed by atoms with E-state index in [0.717, 1.165) is 24.4 Å². The van der Waals surface area contributed by atoms with Gasteiger partial charge in [-0.1, -0.05) is 6.07 Å². The van der Waals surface area contributed by atoms with Gasteiger partial charge in [0, 0.05) is 24.5 Å². The summed E-state index contributed by atoms with van der Waals surface area (Å²) in [7, 11) is 0. The van der Waals surface area contributed by atoms with E-state index in [2.05, 4.69) is 10.4 Å². The van der Waals surface area contributed by atoms with Crippen molar-refractivity contribution in [3.63, 3.8) is 0 Å². The van der Waals surface area contributed by atoms with E-state index in [1.54, 1.807) is 12.1 Å². The quantitative estimate of drug-likeness (QED) is 0.655. The highest BCUT2D eigenvalue weighted by molar-refractivity contribution is 5.99. The zero-order valence-corrected chi connectivity index (χ0v) is 12.6. The first-order chi connectivity index (χ1) is 9.99. The van der Waals surface area contributed by atoms with Crippen LogP contribution in [0.1, 0.15) is 35.1 Å². The maximum atomic E-state index is 13.7. The molecule has 0 aliphatic heterocycles. The third-order valence-electron chi connectivity index (χ3n) is 3.33. The van der Waals surface area contributed by atoms with Gasteiger partial charge in [-0.2, -0.15) is 5.10 Å². The molecule has 5 heteroatoms. The van der Waals surface area contributed by atoms with Crippen molar-refractivity contribution in [2.45, 2.75) is 33.7 Å². The van der Waals surface area contributed by atoms with Crippen molar-refractivity contribution in [2.75, 3.05) is 11.9 Å². The Bertz CT molecular complexity index is 649. The maximum absolute atomic E-state index is 13.7. The molecular formula is C16H20FN3O. The molecule has 0 fully saturated rings. The molecule has 1 heterocycles. The van der Waals surface area contributed by atoms with Crippen LogP contribution in [0.2, 0.25) is 0 Å². The lowest BCUT2D eigenvalue weighted by atomic mass is 10.1. The molecule has 1 aromatic heterocycles. The lowest BCUT2D eigenvalue weighted by Crippen LogP contribution is -2.11. The fraction of sp³-hybridized carbons (Fsp3) is 0.375. The number of nitrogens with zero attached hydrogens (tertiary/aromatic N) is 2. The molecule has 2 aromatic rings. The summed E-state index contributed by atoms with van der Waals surface area (Å²) >= 11 is 0. The molecule has 0 spiro atoms. The van der Waals surface area contributed by atoms with Crippen molar-refractivity contribution in [1.29, 1.82) is 0 Å². The second kappa shape index (κ2) is 6.52. The Kier molecular flexibility index (Phi) is 4.73. The van der Waals surface area contributed by atoms with Crippen molar-refractivity contribution < 1.29 is 9.18 Å². The van der Waals surface area contributed by atoms with E-state index >= 15 is 0 Å². The summed E-state index contributed by atoms with van der Waals surface area (Å²) in [5.41, 5.74) is 2.81. The van der Waals surface area contributed by atoms with Crippen LogP contribution in [0.3, 0.4) is 0 Å². The van der Waals surface area contributed by atoms with Crippen LogP contribution in [-0.2, 0) is 6.54 Å². The number of benzene rings is 1. The second-order valence-electron chi connectivity index (χ2n) is 5.15. The van der Waals surface area contributed by atoms with Gasteiger partial charge in [-0.25, -0.2) is 4.39 Å². The lowest BCUT2D eigenvalue weighted by Gasteiger charge is -2.11. The van der Waals surface area contributed by atoms with Gasteiger partial charge >= 0.3 is 0 Å². The molecule has 0 radical (unpaired) electrons. The van der Waals surface area contributed by atoms with Gasteiger partial charge in [-0.15, -0.1) is 0 Å². The standard InChI is InChI=1S/C16H20FN3O/c1-11-10-12(2)20(19-11)9-5-8-18-15-7-4-6-14(17)16(15)13(3)21/h4,6-7,10,18H,5,8-9H2,1-3H3. The number of anilines is 1. The highest BCUT2D eigenvalue weighted by Gasteiger charge is 2.12. The maximum Gasteiger partial charge on any atom is 0.164 e. The Morgan fingerprint density at radius 3 is 2.76 bits per heavy atom. The van der Waals surface area contributed by atoms with Crippen molar-refractivity contribution >= 4 is 11.5 Å². The average molecular weight is 289 g/mol. The Labute approximate surface area is 124 Å². The largest absolute Gasteiger partial charge is 0.384 e. The van der Waals surface area contributed by atoms with Crippen LogP contribution < -0.4 is 5.32 Å². The minimum atomic E-state index is -0.481. The predicted octanol–water partition coefficient (Wildman–Crippen LogP) is 3.34. The van der Waals surface area contributed by atoms with Gasteiger partial charge in [0.25, 0.3) is 0 Å². The van der Waals surface area contributed by atoms with Crippen molar-refractivity contribution in [3.05, 3.63) is 47.0 Å². The van der Waals surface area contributed by atoms with Gasteiger partial charge in [-0.05, 0) is 45.4 Å². The monoisotopic (exact) mass is 289 g/mol. The van der Waals surface area contributed by atoms with E-state index in [0.29, 0.717) is 12.2 Å². The third kappa shape index (κ3) is 3.68.